The van der Waals surface area contributed by atoms with Crippen molar-refractivity contribution in [1.82, 2.24) is 16.0 Å². The van der Waals surface area contributed by atoms with Gasteiger partial charge in [-0.3, -0.25) is 9.59 Å². The van der Waals surface area contributed by atoms with E-state index in [1.54, 1.807) is 12.2 Å². The molecule has 0 spiro atoms. The van der Waals surface area contributed by atoms with E-state index >= 15 is 0 Å². The molecule has 3 N–H and O–H groups in total. The van der Waals surface area contributed by atoms with Crippen LogP contribution in [0.1, 0.15) is 39.5 Å². The molecule has 1 fully saturated rings. The van der Waals surface area contributed by atoms with E-state index in [0.29, 0.717) is 13.0 Å². The van der Waals surface area contributed by atoms with Gasteiger partial charge in [0.15, 0.2) is 0 Å². The average molecular weight is 344 g/mol. The van der Waals surface area contributed by atoms with E-state index in [1.807, 2.05) is 13.8 Å². The summed E-state index contributed by atoms with van der Waals surface area (Å²) < 4.78 is 0. The molecule has 3 atom stereocenters. The molecule has 23 heavy (non-hydrogen) atoms. The summed E-state index contributed by atoms with van der Waals surface area (Å²) in [7, 11) is 0. The van der Waals surface area contributed by atoms with Crippen molar-refractivity contribution in [2.75, 3.05) is 13.1 Å². The van der Waals surface area contributed by atoms with E-state index in [4.69, 9.17) is 0 Å². The third kappa shape index (κ3) is 6.75. The van der Waals surface area contributed by atoms with E-state index in [0.717, 1.165) is 19.4 Å². The van der Waals surface area contributed by atoms with Gasteiger partial charge in [0.25, 0.3) is 0 Å². The van der Waals surface area contributed by atoms with Crippen molar-refractivity contribution in [2.24, 2.45) is 5.41 Å². The van der Waals surface area contributed by atoms with Crippen LogP contribution >= 0.6 is 12.4 Å². The molecule has 0 bridgehead atoms. The Kier molecular flexibility index (Phi) is 9.84. The van der Waals surface area contributed by atoms with E-state index < -0.39 is 5.41 Å². The maximum atomic E-state index is 12.6. The first kappa shape index (κ1) is 21.7. The first-order valence-electron chi connectivity index (χ1n) is 7.96. The molecule has 0 saturated carbocycles. The zero-order chi connectivity index (χ0) is 16.6. The third-order valence-electron chi connectivity index (χ3n) is 4.05. The van der Waals surface area contributed by atoms with Crippen molar-refractivity contribution in [3.8, 4) is 0 Å². The van der Waals surface area contributed by atoms with E-state index in [2.05, 4.69) is 29.1 Å². The predicted octanol–water partition coefficient (Wildman–Crippen LogP) is 1.94. The van der Waals surface area contributed by atoms with Crippen LogP contribution in [0.5, 0.6) is 0 Å². The first-order valence-corrected chi connectivity index (χ1v) is 7.96. The van der Waals surface area contributed by atoms with Crippen LogP contribution in [-0.2, 0) is 9.59 Å². The Balaban J connectivity index is 0.00000484. The minimum Gasteiger partial charge on any atom is -0.353 e. The summed E-state index contributed by atoms with van der Waals surface area (Å²) >= 11 is 0. The summed E-state index contributed by atoms with van der Waals surface area (Å²) in [6.45, 7) is 12.5. The topological polar surface area (TPSA) is 70.2 Å². The predicted molar refractivity (Wildman–Crippen MR) is 96.6 cm³/mol. The second kappa shape index (κ2) is 10.4. The lowest BCUT2D eigenvalue weighted by Gasteiger charge is -2.28. The number of hydrogen-bond donors (Lipinski definition) is 3. The van der Waals surface area contributed by atoms with Crippen LogP contribution < -0.4 is 16.0 Å². The van der Waals surface area contributed by atoms with Gasteiger partial charge in [0.2, 0.25) is 11.8 Å². The molecule has 1 aliphatic rings. The molecule has 1 saturated heterocycles. The van der Waals surface area contributed by atoms with Gasteiger partial charge in [0.05, 0.1) is 5.41 Å². The van der Waals surface area contributed by atoms with Gasteiger partial charge < -0.3 is 16.0 Å². The second-order valence-electron chi connectivity index (χ2n) is 6.28. The quantitative estimate of drug-likeness (QED) is 0.560. The fourth-order valence-electron chi connectivity index (χ4n) is 2.80. The smallest absolute Gasteiger partial charge is 0.228 e. The summed E-state index contributed by atoms with van der Waals surface area (Å²) in [4.78, 5) is 24.9. The molecule has 0 aromatic rings. The van der Waals surface area contributed by atoms with Crippen molar-refractivity contribution >= 4 is 24.2 Å². The Morgan fingerprint density at radius 1 is 1.17 bits per heavy atom. The summed E-state index contributed by atoms with van der Waals surface area (Å²) in [5.74, 6) is -0.122. The highest BCUT2D eigenvalue weighted by Gasteiger charge is 2.43. The van der Waals surface area contributed by atoms with Gasteiger partial charge in [-0.05, 0) is 39.7 Å². The van der Waals surface area contributed by atoms with Crippen LogP contribution in [0.2, 0.25) is 0 Å². The van der Waals surface area contributed by atoms with Crippen LogP contribution in [-0.4, -0.2) is 37.0 Å². The minimum absolute atomic E-state index is 0. The number of amides is 2. The molecule has 0 aliphatic carbocycles. The maximum Gasteiger partial charge on any atom is 0.228 e. The van der Waals surface area contributed by atoms with Crippen molar-refractivity contribution in [1.29, 1.82) is 0 Å². The Labute approximate surface area is 145 Å². The van der Waals surface area contributed by atoms with Crippen LogP contribution in [0.25, 0.3) is 0 Å². The summed E-state index contributed by atoms with van der Waals surface area (Å²) in [5, 5.41) is 9.14. The number of rotatable bonds is 9. The van der Waals surface area contributed by atoms with Gasteiger partial charge >= 0.3 is 0 Å². The van der Waals surface area contributed by atoms with Gasteiger partial charge in [-0.15, -0.1) is 25.6 Å². The molecule has 3 unspecified atom stereocenters. The molecule has 5 nitrogen and oxygen atoms in total. The number of nitrogens with one attached hydrogen (secondary N) is 3. The molecule has 1 heterocycles. The highest BCUT2D eigenvalue weighted by molar-refractivity contribution is 5.89. The molecule has 0 aromatic carbocycles. The fourth-order valence-corrected chi connectivity index (χ4v) is 2.80. The molecular formula is C17H30ClN3O2. The monoisotopic (exact) mass is 343 g/mol. The molecule has 6 heteroatoms. The molecule has 1 aliphatic heterocycles. The van der Waals surface area contributed by atoms with Crippen molar-refractivity contribution < 1.29 is 9.59 Å². The van der Waals surface area contributed by atoms with Gasteiger partial charge in [0, 0.05) is 25.0 Å². The molecule has 132 valence electrons. The van der Waals surface area contributed by atoms with Crippen molar-refractivity contribution in [3.05, 3.63) is 25.3 Å². The lowest BCUT2D eigenvalue weighted by atomic mass is 9.81. The number of halogens is 1. The van der Waals surface area contributed by atoms with Gasteiger partial charge in [-0.2, -0.15) is 0 Å². The summed E-state index contributed by atoms with van der Waals surface area (Å²) in [6, 6.07) is 0.0735. The minimum atomic E-state index is -0.645. The number of carbonyl (C=O) groups excluding carboxylic acids is 2. The van der Waals surface area contributed by atoms with Crippen LogP contribution in [0.4, 0.5) is 0 Å². The van der Waals surface area contributed by atoms with E-state index in [1.165, 1.54) is 0 Å². The molecule has 2 amide bonds. The summed E-state index contributed by atoms with van der Waals surface area (Å²) in [5.41, 5.74) is -0.645. The molecule has 0 aromatic heterocycles. The SMILES string of the molecule is C=CCC(C)NC(=O)CC1(C(=O)NC(C)CC=C)CCNC1.Cl. The van der Waals surface area contributed by atoms with Crippen molar-refractivity contribution in [2.45, 2.75) is 51.6 Å². The Bertz CT molecular complexity index is 420. The Morgan fingerprint density at radius 3 is 2.22 bits per heavy atom. The van der Waals surface area contributed by atoms with Crippen LogP contribution in [0.3, 0.4) is 0 Å². The molecule has 1 rings (SSSR count). The standard InChI is InChI=1S/C17H29N3O2.ClH/c1-5-7-13(3)19-15(21)11-17(9-10-18-12-17)16(22)20-14(4)8-6-2;/h5-6,13-14,18H,1-2,7-12H2,3-4H3,(H,19,21)(H,20,22);1H. The van der Waals surface area contributed by atoms with E-state index in [9.17, 15) is 9.59 Å². The third-order valence-corrected chi connectivity index (χ3v) is 4.05. The molecule has 0 radical (unpaired) electrons. The van der Waals surface area contributed by atoms with Crippen molar-refractivity contribution in [3.63, 3.8) is 0 Å². The summed E-state index contributed by atoms with van der Waals surface area (Å²) in [6.07, 6.45) is 5.91. The maximum absolute atomic E-state index is 12.6. The highest BCUT2D eigenvalue weighted by atomic mass is 35.5. The Morgan fingerprint density at radius 2 is 1.74 bits per heavy atom. The van der Waals surface area contributed by atoms with Gasteiger partial charge in [-0.25, -0.2) is 0 Å². The second-order valence-corrected chi connectivity index (χ2v) is 6.28. The Hall–Kier alpha value is -1.33. The molecular weight excluding hydrogens is 314 g/mol. The van der Waals surface area contributed by atoms with Crippen LogP contribution in [0.15, 0.2) is 25.3 Å². The average Bonchev–Trinajstić information content (AvgIpc) is 2.88. The normalized spacial score (nSPS) is 22.3. The fraction of sp³-hybridized carbons (Fsp3) is 0.647. The lowest BCUT2D eigenvalue weighted by molar-refractivity contribution is -0.136. The first-order chi connectivity index (χ1) is 10.4. The zero-order valence-electron chi connectivity index (χ0n) is 14.2. The highest BCUT2D eigenvalue weighted by Crippen LogP contribution is 2.30. The van der Waals surface area contributed by atoms with Gasteiger partial charge in [0.1, 0.15) is 0 Å². The van der Waals surface area contributed by atoms with E-state index in [-0.39, 0.29) is 42.7 Å². The zero-order valence-corrected chi connectivity index (χ0v) is 15.0. The van der Waals surface area contributed by atoms with Crippen LogP contribution in [0, 0.1) is 5.41 Å². The lowest BCUT2D eigenvalue weighted by Crippen LogP contribution is -2.48. The van der Waals surface area contributed by atoms with Gasteiger partial charge in [-0.1, -0.05) is 12.2 Å². The number of hydrogen-bond acceptors (Lipinski definition) is 3. The largest absolute Gasteiger partial charge is 0.353 e. The number of carbonyl (C=O) groups is 2.